The minimum atomic E-state index is -0.221. The van der Waals surface area contributed by atoms with Gasteiger partial charge in [0.25, 0.3) is 11.8 Å². The number of aryl methyl sites for hydroxylation is 3. The maximum Gasteiger partial charge on any atom is 0.282 e. The van der Waals surface area contributed by atoms with Gasteiger partial charge in [-0.25, -0.2) is 4.90 Å². The molecule has 2 aromatic rings. The second kappa shape index (κ2) is 7.51. The van der Waals surface area contributed by atoms with Crippen molar-refractivity contribution in [3.8, 4) is 0 Å². The molecule has 0 saturated carbocycles. The molecular weight excluding hydrogens is 360 g/mol. The monoisotopic (exact) mass is 388 g/mol. The molecule has 0 bridgehead atoms. The highest BCUT2D eigenvalue weighted by molar-refractivity contribution is 6.45. The fourth-order valence-electron chi connectivity index (χ4n) is 4.23. The van der Waals surface area contributed by atoms with Gasteiger partial charge in [0.05, 0.1) is 11.3 Å². The summed E-state index contributed by atoms with van der Waals surface area (Å²) in [4.78, 5) is 30.7. The molecule has 2 heterocycles. The van der Waals surface area contributed by atoms with E-state index >= 15 is 0 Å². The van der Waals surface area contributed by atoms with Crippen LogP contribution in [-0.4, -0.2) is 29.8 Å². The lowest BCUT2D eigenvalue weighted by Gasteiger charge is -2.32. The van der Waals surface area contributed by atoms with Crippen molar-refractivity contribution >= 4 is 23.1 Å². The molecule has 2 aliphatic heterocycles. The fraction of sp³-hybridized carbons (Fsp3) is 0.360. The van der Waals surface area contributed by atoms with E-state index in [-0.39, 0.29) is 11.8 Å². The van der Waals surface area contributed by atoms with Gasteiger partial charge in [0.1, 0.15) is 5.70 Å². The molecule has 4 nitrogen and oxygen atoms in total. The quantitative estimate of drug-likeness (QED) is 0.720. The number of benzene rings is 2. The number of imide groups is 1. The number of nitrogens with zero attached hydrogens (tertiary/aromatic N) is 2. The lowest BCUT2D eigenvalue weighted by molar-refractivity contribution is -0.120. The van der Waals surface area contributed by atoms with E-state index in [1.165, 1.54) is 10.5 Å². The average Bonchev–Trinajstić information content (AvgIpc) is 2.96. The topological polar surface area (TPSA) is 40.6 Å². The van der Waals surface area contributed by atoms with Crippen LogP contribution in [0.5, 0.6) is 0 Å². The van der Waals surface area contributed by atoms with Gasteiger partial charge in [0, 0.05) is 13.1 Å². The van der Waals surface area contributed by atoms with Gasteiger partial charge >= 0.3 is 0 Å². The summed E-state index contributed by atoms with van der Waals surface area (Å²) in [6.45, 7) is 9.91. The summed E-state index contributed by atoms with van der Waals surface area (Å²) in [6.07, 6.45) is 2.07. The van der Waals surface area contributed by atoms with Crippen molar-refractivity contribution in [2.75, 3.05) is 18.0 Å². The number of anilines is 1. The first kappa shape index (κ1) is 19.4. The molecule has 1 saturated heterocycles. The minimum absolute atomic E-state index is 0.202. The Balaban J connectivity index is 1.85. The number of hydrogen-bond donors (Lipinski definition) is 0. The number of amides is 2. The Kier molecular flexibility index (Phi) is 5.03. The molecule has 2 aromatic carbocycles. The summed E-state index contributed by atoms with van der Waals surface area (Å²) in [7, 11) is 0. The maximum atomic E-state index is 13.6. The van der Waals surface area contributed by atoms with Crippen LogP contribution in [0.25, 0.3) is 5.57 Å². The number of carbonyl (C=O) groups is 2. The van der Waals surface area contributed by atoms with E-state index in [0.717, 1.165) is 42.6 Å². The Hall–Kier alpha value is -2.88. The Morgan fingerprint density at radius 3 is 2.17 bits per heavy atom. The van der Waals surface area contributed by atoms with Gasteiger partial charge in [-0.1, -0.05) is 43.3 Å². The Bertz CT molecular complexity index is 1010. The zero-order valence-electron chi connectivity index (χ0n) is 17.7. The first-order valence-electron chi connectivity index (χ1n) is 10.4. The Labute approximate surface area is 172 Å². The molecule has 4 heteroatoms. The van der Waals surface area contributed by atoms with Gasteiger partial charge in [-0.3, -0.25) is 9.59 Å². The zero-order chi connectivity index (χ0) is 20.7. The molecular formula is C25H28N2O2. The van der Waals surface area contributed by atoms with Crippen LogP contribution in [0, 0.1) is 26.7 Å². The van der Waals surface area contributed by atoms with E-state index in [0.29, 0.717) is 22.9 Å². The van der Waals surface area contributed by atoms with E-state index in [4.69, 9.17) is 0 Å². The number of hydrogen-bond acceptors (Lipinski definition) is 3. The first-order chi connectivity index (χ1) is 13.9. The van der Waals surface area contributed by atoms with Crippen molar-refractivity contribution in [1.29, 1.82) is 0 Å². The van der Waals surface area contributed by atoms with Crippen molar-refractivity contribution in [3.63, 3.8) is 0 Å². The molecule has 0 unspecified atom stereocenters. The highest BCUT2D eigenvalue weighted by atomic mass is 16.2. The van der Waals surface area contributed by atoms with Gasteiger partial charge in [-0.2, -0.15) is 0 Å². The second-order valence-electron chi connectivity index (χ2n) is 8.42. The number of rotatable bonds is 3. The van der Waals surface area contributed by atoms with Crippen molar-refractivity contribution in [1.82, 2.24) is 4.90 Å². The number of likely N-dealkylation sites (tertiary alicyclic amines) is 1. The summed E-state index contributed by atoms with van der Waals surface area (Å²) in [5, 5.41) is 0. The van der Waals surface area contributed by atoms with Gasteiger partial charge in [-0.15, -0.1) is 0 Å². The minimum Gasteiger partial charge on any atom is -0.366 e. The number of para-hydroxylation sites is 1. The van der Waals surface area contributed by atoms with Crippen molar-refractivity contribution in [2.24, 2.45) is 5.92 Å². The summed E-state index contributed by atoms with van der Waals surface area (Å²) in [5.41, 5.74) is 5.82. The number of piperidine rings is 1. The van der Waals surface area contributed by atoms with Gasteiger partial charge in [0.2, 0.25) is 0 Å². The molecule has 0 radical (unpaired) electrons. The van der Waals surface area contributed by atoms with Crippen LogP contribution < -0.4 is 4.90 Å². The van der Waals surface area contributed by atoms with Crippen LogP contribution in [0.15, 0.2) is 48.2 Å². The summed E-state index contributed by atoms with van der Waals surface area (Å²) in [5.74, 6) is 0.227. The smallest absolute Gasteiger partial charge is 0.282 e. The molecule has 0 aliphatic carbocycles. The molecule has 150 valence electrons. The van der Waals surface area contributed by atoms with Crippen LogP contribution in [0.1, 0.15) is 42.0 Å². The van der Waals surface area contributed by atoms with Crippen LogP contribution in [0.4, 0.5) is 5.69 Å². The predicted molar refractivity (Wildman–Crippen MR) is 116 cm³/mol. The Morgan fingerprint density at radius 2 is 1.52 bits per heavy atom. The summed E-state index contributed by atoms with van der Waals surface area (Å²) >= 11 is 0. The lowest BCUT2D eigenvalue weighted by atomic mass is 9.96. The van der Waals surface area contributed by atoms with Crippen molar-refractivity contribution < 1.29 is 9.59 Å². The van der Waals surface area contributed by atoms with Crippen molar-refractivity contribution in [3.05, 3.63) is 70.4 Å². The molecule has 1 fully saturated rings. The van der Waals surface area contributed by atoms with Crippen LogP contribution in [0.3, 0.4) is 0 Å². The van der Waals surface area contributed by atoms with E-state index in [2.05, 4.69) is 18.7 Å². The molecule has 4 rings (SSSR count). The van der Waals surface area contributed by atoms with E-state index in [1.54, 1.807) is 0 Å². The standard InChI is InChI=1S/C25H28N2O2/c1-16-11-13-26(14-12-16)23-22(20-10-9-17(2)19(4)15-20)24(28)27(25(23)29)21-8-6-5-7-18(21)3/h5-10,15-16H,11-14H2,1-4H3. The predicted octanol–water partition coefficient (Wildman–Crippen LogP) is 4.63. The Morgan fingerprint density at radius 1 is 0.828 bits per heavy atom. The molecule has 29 heavy (non-hydrogen) atoms. The van der Waals surface area contributed by atoms with Crippen LogP contribution in [-0.2, 0) is 9.59 Å². The van der Waals surface area contributed by atoms with Gasteiger partial charge in [-0.05, 0) is 67.9 Å². The van der Waals surface area contributed by atoms with Gasteiger partial charge < -0.3 is 4.90 Å². The number of carbonyl (C=O) groups excluding carboxylic acids is 2. The highest BCUT2D eigenvalue weighted by Crippen LogP contribution is 2.37. The highest BCUT2D eigenvalue weighted by Gasteiger charge is 2.43. The molecule has 0 aromatic heterocycles. The fourth-order valence-corrected chi connectivity index (χ4v) is 4.23. The second-order valence-corrected chi connectivity index (χ2v) is 8.42. The molecule has 0 atom stereocenters. The normalized spacial score (nSPS) is 18.2. The van der Waals surface area contributed by atoms with Gasteiger partial charge in [0.15, 0.2) is 0 Å². The molecule has 0 spiro atoms. The maximum absolute atomic E-state index is 13.6. The summed E-state index contributed by atoms with van der Waals surface area (Å²) in [6, 6.07) is 13.6. The molecule has 2 aliphatic rings. The third-order valence-electron chi connectivity index (χ3n) is 6.31. The molecule has 2 amide bonds. The summed E-state index contributed by atoms with van der Waals surface area (Å²) < 4.78 is 0. The average molecular weight is 389 g/mol. The largest absolute Gasteiger partial charge is 0.366 e. The van der Waals surface area contributed by atoms with E-state index in [1.807, 2.05) is 56.3 Å². The van der Waals surface area contributed by atoms with E-state index in [9.17, 15) is 9.59 Å². The zero-order valence-corrected chi connectivity index (χ0v) is 17.7. The van der Waals surface area contributed by atoms with Crippen LogP contribution >= 0.6 is 0 Å². The van der Waals surface area contributed by atoms with Crippen LogP contribution in [0.2, 0.25) is 0 Å². The molecule has 0 N–H and O–H groups in total. The third-order valence-corrected chi connectivity index (χ3v) is 6.31. The lowest BCUT2D eigenvalue weighted by Crippen LogP contribution is -2.38. The SMILES string of the molecule is Cc1ccc(C2=C(N3CCC(C)CC3)C(=O)N(c3ccccc3C)C2=O)cc1C. The first-order valence-corrected chi connectivity index (χ1v) is 10.4. The van der Waals surface area contributed by atoms with Crippen molar-refractivity contribution in [2.45, 2.75) is 40.5 Å². The van der Waals surface area contributed by atoms with E-state index < -0.39 is 0 Å². The third kappa shape index (κ3) is 3.37.